The van der Waals surface area contributed by atoms with Crippen LogP contribution in [0.1, 0.15) is 32.8 Å². The molecule has 0 saturated heterocycles. The number of hydrogen-bond acceptors (Lipinski definition) is 4. The molecular weight excluding hydrogens is 254 g/mol. The number of rotatable bonds is 8. The van der Waals surface area contributed by atoms with E-state index in [0.717, 1.165) is 5.56 Å². The lowest BCUT2D eigenvalue weighted by Gasteiger charge is -2.30. The molecule has 1 unspecified atom stereocenters. The van der Waals surface area contributed by atoms with Gasteiger partial charge in [-0.1, -0.05) is 30.3 Å². The number of nitrogens with two attached hydrogens (primary N) is 1. The Kier molecular flexibility index (Phi) is 6.68. The third kappa shape index (κ3) is 4.05. The number of hydrogen-bond donors (Lipinski definition) is 1. The van der Waals surface area contributed by atoms with Crippen molar-refractivity contribution in [1.29, 1.82) is 0 Å². The zero-order chi connectivity index (χ0) is 15.0. The lowest BCUT2D eigenvalue weighted by atomic mass is 9.77. The van der Waals surface area contributed by atoms with Crippen LogP contribution in [0.25, 0.3) is 0 Å². The summed E-state index contributed by atoms with van der Waals surface area (Å²) in [6.45, 7) is 6.77. The zero-order valence-electron chi connectivity index (χ0n) is 12.6. The van der Waals surface area contributed by atoms with E-state index in [1.807, 2.05) is 44.2 Å². The molecule has 4 nitrogen and oxygen atoms in total. The molecule has 1 rings (SSSR count). The quantitative estimate of drug-likeness (QED) is 0.741. The van der Waals surface area contributed by atoms with Crippen molar-refractivity contribution in [3.05, 3.63) is 35.9 Å². The maximum atomic E-state index is 12.4. The Labute approximate surface area is 121 Å². The molecule has 112 valence electrons. The molecule has 0 aliphatic rings. The molecule has 0 radical (unpaired) electrons. The molecule has 0 aromatic heterocycles. The van der Waals surface area contributed by atoms with Gasteiger partial charge in [-0.3, -0.25) is 4.79 Å². The molecule has 0 aliphatic heterocycles. The molecule has 2 N–H and O–H groups in total. The van der Waals surface area contributed by atoms with Crippen LogP contribution in [-0.4, -0.2) is 31.8 Å². The van der Waals surface area contributed by atoms with Gasteiger partial charge >= 0.3 is 5.97 Å². The molecule has 1 atom stereocenters. The summed E-state index contributed by atoms with van der Waals surface area (Å²) in [5.41, 5.74) is 5.99. The summed E-state index contributed by atoms with van der Waals surface area (Å²) in [6, 6.07) is 9.56. The largest absolute Gasteiger partial charge is 0.465 e. The van der Waals surface area contributed by atoms with E-state index in [0.29, 0.717) is 19.6 Å². The average molecular weight is 279 g/mol. The number of esters is 1. The first-order valence-electron chi connectivity index (χ1n) is 7.11. The van der Waals surface area contributed by atoms with Gasteiger partial charge in [0.15, 0.2) is 0 Å². The Balaban J connectivity index is 3.00. The van der Waals surface area contributed by atoms with Crippen LogP contribution in [0.3, 0.4) is 0 Å². The number of carbonyl (C=O) groups is 1. The van der Waals surface area contributed by atoms with Crippen molar-refractivity contribution < 1.29 is 14.3 Å². The van der Waals surface area contributed by atoms with Crippen LogP contribution in [0.5, 0.6) is 0 Å². The average Bonchev–Trinajstić information content (AvgIpc) is 2.44. The van der Waals surface area contributed by atoms with Crippen LogP contribution in [0.2, 0.25) is 0 Å². The maximum Gasteiger partial charge on any atom is 0.317 e. The second-order valence-corrected chi connectivity index (χ2v) is 5.04. The van der Waals surface area contributed by atoms with Gasteiger partial charge in [0.05, 0.1) is 12.7 Å². The van der Waals surface area contributed by atoms with Gasteiger partial charge in [-0.2, -0.15) is 0 Å². The predicted molar refractivity (Wildman–Crippen MR) is 79.5 cm³/mol. The van der Waals surface area contributed by atoms with E-state index in [2.05, 4.69) is 0 Å². The molecule has 4 heteroatoms. The van der Waals surface area contributed by atoms with Crippen molar-refractivity contribution in [2.75, 3.05) is 19.8 Å². The van der Waals surface area contributed by atoms with Crippen molar-refractivity contribution in [2.45, 2.75) is 38.7 Å². The van der Waals surface area contributed by atoms with Crippen molar-refractivity contribution in [3.63, 3.8) is 0 Å². The highest BCUT2D eigenvalue weighted by atomic mass is 16.5. The zero-order valence-corrected chi connectivity index (χ0v) is 12.6. The molecule has 0 amide bonds. The van der Waals surface area contributed by atoms with Gasteiger partial charge < -0.3 is 15.2 Å². The first kappa shape index (κ1) is 16.7. The molecule has 0 bridgehead atoms. The predicted octanol–water partition coefficient (Wildman–Crippen LogP) is 2.26. The first-order valence-corrected chi connectivity index (χ1v) is 7.11. The summed E-state index contributed by atoms with van der Waals surface area (Å²) in [6.07, 6.45) is 0.647. The Bertz CT molecular complexity index is 405. The molecule has 0 heterocycles. The standard InChI is InChI=1S/C16H25NO3/c1-4-19-15(18)16(12-17,10-11-20-13(2)3)14-8-6-5-7-9-14/h5-9,13H,4,10-12,17H2,1-3H3. The van der Waals surface area contributed by atoms with E-state index in [1.54, 1.807) is 6.92 Å². The molecule has 1 aromatic rings. The highest BCUT2D eigenvalue weighted by Crippen LogP contribution is 2.29. The number of carbonyl (C=O) groups excluding carboxylic acids is 1. The van der Waals surface area contributed by atoms with Crippen LogP contribution in [0.4, 0.5) is 0 Å². The van der Waals surface area contributed by atoms with Crippen molar-refractivity contribution >= 4 is 5.97 Å². The van der Waals surface area contributed by atoms with Crippen LogP contribution in [0, 0.1) is 0 Å². The minimum Gasteiger partial charge on any atom is -0.465 e. The van der Waals surface area contributed by atoms with E-state index >= 15 is 0 Å². The molecule has 0 spiro atoms. The monoisotopic (exact) mass is 279 g/mol. The topological polar surface area (TPSA) is 61.5 Å². The maximum absolute atomic E-state index is 12.4. The summed E-state index contributed by atoms with van der Waals surface area (Å²) in [5.74, 6) is -0.277. The normalized spacial score (nSPS) is 14.1. The van der Waals surface area contributed by atoms with Crippen molar-refractivity contribution in [2.24, 2.45) is 5.73 Å². The summed E-state index contributed by atoms with van der Waals surface area (Å²) >= 11 is 0. The summed E-state index contributed by atoms with van der Waals surface area (Å²) in [4.78, 5) is 12.4. The van der Waals surface area contributed by atoms with Crippen LogP contribution in [0.15, 0.2) is 30.3 Å². The molecule has 20 heavy (non-hydrogen) atoms. The van der Waals surface area contributed by atoms with Crippen LogP contribution in [-0.2, 0) is 19.7 Å². The van der Waals surface area contributed by atoms with Gasteiger partial charge in [0.1, 0.15) is 5.41 Å². The van der Waals surface area contributed by atoms with Gasteiger partial charge in [0.25, 0.3) is 0 Å². The van der Waals surface area contributed by atoms with Gasteiger partial charge in [0, 0.05) is 13.2 Å². The molecule has 0 fully saturated rings. The van der Waals surface area contributed by atoms with Gasteiger partial charge in [-0.25, -0.2) is 0 Å². The van der Waals surface area contributed by atoms with E-state index in [4.69, 9.17) is 15.2 Å². The highest BCUT2D eigenvalue weighted by Gasteiger charge is 2.40. The minimum absolute atomic E-state index is 0.128. The van der Waals surface area contributed by atoms with Crippen molar-refractivity contribution in [1.82, 2.24) is 0 Å². The van der Waals surface area contributed by atoms with Crippen LogP contribution >= 0.6 is 0 Å². The SMILES string of the molecule is CCOC(=O)C(CN)(CCOC(C)C)c1ccccc1. The van der Waals surface area contributed by atoms with E-state index in [-0.39, 0.29) is 18.6 Å². The van der Waals surface area contributed by atoms with Crippen molar-refractivity contribution in [3.8, 4) is 0 Å². The van der Waals surface area contributed by atoms with Gasteiger partial charge in [0.2, 0.25) is 0 Å². The lowest BCUT2D eigenvalue weighted by molar-refractivity contribution is -0.151. The van der Waals surface area contributed by atoms with Gasteiger partial charge in [-0.15, -0.1) is 0 Å². The van der Waals surface area contributed by atoms with Crippen LogP contribution < -0.4 is 5.73 Å². The minimum atomic E-state index is -0.827. The van der Waals surface area contributed by atoms with Gasteiger partial charge in [-0.05, 0) is 32.8 Å². The fourth-order valence-electron chi connectivity index (χ4n) is 2.16. The van der Waals surface area contributed by atoms with E-state index in [1.165, 1.54) is 0 Å². The molecule has 0 saturated carbocycles. The molecular formula is C16H25NO3. The summed E-state index contributed by atoms with van der Waals surface area (Å²) in [7, 11) is 0. The third-order valence-electron chi connectivity index (χ3n) is 3.32. The Morgan fingerprint density at radius 2 is 1.95 bits per heavy atom. The smallest absolute Gasteiger partial charge is 0.317 e. The second-order valence-electron chi connectivity index (χ2n) is 5.04. The summed E-state index contributed by atoms with van der Waals surface area (Å²) < 4.78 is 10.8. The molecule has 1 aromatic carbocycles. The number of ether oxygens (including phenoxy) is 2. The summed E-state index contributed by atoms with van der Waals surface area (Å²) in [5, 5.41) is 0. The lowest BCUT2D eigenvalue weighted by Crippen LogP contribution is -2.45. The van der Waals surface area contributed by atoms with E-state index in [9.17, 15) is 4.79 Å². The Morgan fingerprint density at radius 1 is 1.30 bits per heavy atom. The Morgan fingerprint density at radius 3 is 2.45 bits per heavy atom. The molecule has 0 aliphatic carbocycles. The second kappa shape index (κ2) is 8.02. The fraction of sp³-hybridized carbons (Fsp3) is 0.562. The number of benzene rings is 1. The fourth-order valence-corrected chi connectivity index (χ4v) is 2.16. The highest BCUT2D eigenvalue weighted by molar-refractivity contribution is 5.83. The van der Waals surface area contributed by atoms with E-state index < -0.39 is 5.41 Å². The first-order chi connectivity index (χ1) is 9.56. The Hall–Kier alpha value is -1.39. The third-order valence-corrected chi connectivity index (χ3v) is 3.32.